The van der Waals surface area contributed by atoms with Crippen molar-refractivity contribution in [3.8, 4) is 17.2 Å². The van der Waals surface area contributed by atoms with Crippen molar-refractivity contribution in [1.82, 2.24) is 5.32 Å². The Labute approximate surface area is 240 Å². The molecule has 4 aromatic rings. The molecule has 0 radical (unpaired) electrons. The number of carbonyl (C=O) groups is 2. The molecule has 0 saturated carbocycles. The summed E-state index contributed by atoms with van der Waals surface area (Å²) in [6.07, 6.45) is 0.545. The minimum Gasteiger partial charge on any atom is -0.494 e. The standard InChI is InChI=1S/C33H35N3O5/c1-2-40-29-18-14-27(15-19-29)35-33(38)36(28-16-20-31(21-17-28)41-30-12-7-4-8-13-30)23-9-22-34-32(37)25-39-24-26-10-5-3-6-11-26/h3-8,10-21H,2,9,22-25H2,1H3,(H,34,37)(H,35,38). The molecular formula is C33H35N3O5. The van der Waals surface area contributed by atoms with E-state index in [9.17, 15) is 9.59 Å². The summed E-state index contributed by atoms with van der Waals surface area (Å²) >= 11 is 0. The zero-order valence-electron chi connectivity index (χ0n) is 23.1. The van der Waals surface area contributed by atoms with Gasteiger partial charge in [0, 0.05) is 24.5 Å². The number of hydrogen-bond acceptors (Lipinski definition) is 5. The van der Waals surface area contributed by atoms with Gasteiger partial charge in [0.25, 0.3) is 0 Å². The Morgan fingerprint density at radius 1 is 0.756 bits per heavy atom. The SMILES string of the molecule is CCOc1ccc(NC(=O)N(CCCNC(=O)COCc2ccccc2)c2ccc(Oc3ccccc3)cc2)cc1. The smallest absolute Gasteiger partial charge is 0.326 e. The fourth-order valence-corrected chi connectivity index (χ4v) is 4.01. The van der Waals surface area contributed by atoms with Gasteiger partial charge in [-0.3, -0.25) is 9.69 Å². The third-order valence-corrected chi connectivity index (χ3v) is 6.01. The number of hydrogen-bond donors (Lipinski definition) is 2. The van der Waals surface area contributed by atoms with Crippen LogP contribution >= 0.6 is 0 Å². The Morgan fingerprint density at radius 2 is 1.39 bits per heavy atom. The van der Waals surface area contributed by atoms with Gasteiger partial charge in [0.2, 0.25) is 5.91 Å². The molecule has 0 atom stereocenters. The molecule has 41 heavy (non-hydrogen) atoms. The number of carbonyl (C=O) groups excluding carboxylic acids is 2. The Balaban J connectivity index is 1.33. The Kier molecular flexibility index (Phi) is 11.2. The van der Waals surface area contributed by atoms with Crippen molar-refractivity contribution < 1.29 is 23.8 Å². The van der Waals surface area contributed by atoms with Gasteiger partial charge < -0.3 is 24.8 Å². The first-order chi connectivity index (χ1) is 20.1. The lowest BCUT2D eigenvalue weighted by molar-refractivity contribution is -0.126. The van der Waals surface area contributed by atoms with Crippen LogP contribution in [0, 0.1) is 0 Å². The van der Waals surface area contributed by atoms with Crippen LogP contribution in [-0.2, 0) is 16.1 Å². The summed E-state index contributed by atoms with van der Waals surface area (Å²) in [4.78, 5) is 27.2. The van der Waals surface area contributed by atoms with Gasteiger partial charge in [-0.05, 0) is 79.6 Å². The van der Waals surface area contributed by atoms with Crippen molar-refractivity contribution in [2.75, 3.05) is 36.5 Å². The maximum absolute atomic E-state index is 13.3. The van der Waals surface area contributed by atoms with Gasteiger partial charge in [-0.2, -0.15) is 0 Å². The van der Waals surface area contributed by atoms with E-state index in [1.807, 2.05) is 104 Å². The molecule has 0 saturated heterocycles. The molecule has 0 aliphatic heterocycles. The number of amides is 3. The summed E-state index contributed by atoms with van der Waals surface area (Å²) in [7, 11) is 0. The van der Waals surface area contributed by atoms with Crippen molar-refractivity contribution in [2.45, 2.75) is 20.0 Å². The fourth-order valence-electron chi connectivity index (χ4n) is 4.01. The van der Waals surface area contributed by atoms with Crippen molar-refractivity contribution in [2.24, 2.45) is 0 Å². The van der Waals surface area contributed by atoms with E-state index in [2.05, 4.69) is 10.6 Å². The number of nitrogens with zero attached hydrogens (tertiary/aromatic N) is 1. The van der Waals surface area contributed by atoms with Crippen LogP contribution in [0.25, 0.3) is 0 Å². The van der Waals surface area contributed by atoms with E-state index in [4.69, 9.17) is 14.2 Å². The maximum Gasteiger partial charge on any atom is 0.326 e. The molecule has 0 aliphatic rings. The molecule has 3 amide bonds. The third-order valence-electron chi connectivity index (χ3n) is 6.01. The average Bonchev–Trinajstić information content (AvgIpc) is 3.00. The first-order valence-corrected chi connectivity index (χ1v) is 13.6. The van der Waals surface area contributed by atoms with E-state index in [0.29, 0.717) is 49.8 Å². The normalized spacial score (nSPS) is 10.5. The van der Waals surface area contributed by atoms with Gasteiger partial charge >= 0.3 is 6.03 Å². The van der Waals surface area contributed by atoms with Crippen molar-refractivity contribution in [3.05, 3.63) is 115 Å². The molecule has 8 nitrogen and oxygen atoms in total. The van der Waals surface area contributed by atoms with Crippen LogP contribution in [0.3, 0.4) is 0 Å². The van der Waals surface area contributed by atoms with E-state index < -0.39 is 0 Å². The largest absolute Gasteiger partial charge is 0.494 e. The lowest BCUT2D eigenvalue weighted by atomic mass is 10.2. The van der Waals surface area contributed by atoms with Gasteiger partial charge in [0.05, 0.1) is 13.2 Å². The predicted molar refractivity (Wildman–Crippen MR) is 161 cm³/mol. The number of anilines is 2. The van der Waals surface area contributed by atoms with E-state index in [1.54, 1.807) is 17.0 Å². The second-order valence-electron chi connectivity index (χ2n) is 9.13. The first-order valence-electron chi connectivity index (χ1n) is 13.6. The average molecular weight is 554 g/mol. The molecule has 4 aromatic carbocycles. The fraction of sp³-hybridized carbons (Fsp3) is 0.212. The van der Waals surface area contributed by atoms with E-state index in [0.717, 1.165) is 17.1 Å². The van der Waals surface area contributed by atoms with E-state index in [-0.39, 0.29) is 18.5 Å². The van der Waals surface area contributed by atoms with Crippen molar-refractivity contribution in [1.29, 1.82) is 0 Å². The second kappa shape index (κ2) is 15.7. The molecule has 4 rings (SSSR count). The van der Waals surface area contributed by atoms with Gasteiger partial charge in [0.15, 0.2) is 0 Å². The molecule has 0 heterocycles. The highest BCUT2D eigenvalue weighted by atomic mass is 16.5. The number of benzene rings is 4. The highest BCUT2D eigenvalue weighted by molar-refractivity contribution is 6.01. The Bertz CT molecular complexity index is 1350. The number of para-hydroxylation sites is 1. The Hall–Kier alpha value is -4.82. The number of urea groups is 1. The molecule has 0 fully saturated rings. The topological polar surface area (TPSA) is 89.1 Å². The highest BCUT2D eigenvalue weighted by Gasteiger charge is 2.16. The van der Waals surface area contributed by atoms with Crippen LogP contribution in [0.2, 0.25) is 0 Å². The maximum atomic E-state index is 13.3. The number of nitrogens with one attached hydrogen (secondary N) is 2. The summed E-state index contributed by atoms with van der Waals surface area (Å²) in [5, 5.41) is 5.81. The third kappa shape index (κ3) is 9.70. The lowest BCUT2D eigenvalue weighted by Gasteiger charge is -2.24. The molecule has 0 unspecified atom stereocenters. The molecule has 0 aromatic heterocycles. The zero-order valence-corrected chi connectivity index (χ0v) is 23.1. The lowest BCUT2D eigenvalue weighted by Crippen LogP contribution is -2.37. The molecule has 0 spiro atoms. The summed E-state index contributed by atoms with van der Waals surface area (Å²) in [6, 6.07) is 33.5. The molecule has 212 valence electrons. The summed E-state index contributed by atoms with van der Waals surface area (Å²) in [5.41, 5.74) is 2.36. The minimum absolute atomic E-state index is 0.0281. The van der Waals surface area contributed by atoms with Gasteiger partial charge in [-0.15, -0.1) is 0 Å². The monoisotopic (exact) mass is 553 g/mol. The van der Waals surface area contributed by atoms with Gasteiger partial charge in [0.1, 0.15) is 23.9 Å². The molecule has 8 heteroatoms. The Morgan fingerprint density at radius 3 is 2.07 bits per heavy atom. The quantitative estimate of drug-likeness (QED) is 0.171. The summed E-state index contributed by atoms with van der Waals surface area (Å²) < 4.78 is 16.9. The first kappa shape index (κ1) is 29.2. The highest BCUT2D eigenvalue weighted by Crippen LogP contribution is 2.25. The van der Waals surface area contributed by atoms with Crippen LogP contribution in [0.15, 0.2) is 109 Å². The molecule has 0 aliphatic carbocycles. The van der Waals surface area contributed by atoms with Crippen LogP contribution in [0.1, 0.15) is 18.9 Å². The van der Waals surface area contributed by atoms with Crippen LogP contribution in [0.5, 0.6) is 17.2 Å². The minimum atomic E-state index is -0.289. The second-order valence-corrected chi connectivity index (χ2v) is 9.13. The van der Waals surface area contributed by atoms with Crippen LogP contribution in [0.4, 0.5) is 16.2 Å². The molecule has 2 N–H and O–H groups in total. The van der Waals surface area contributed by atoms with Gasteiger partial charge in [-0.25, -0.2) is 4.79 Å². The van der Waals surface area contributed by atoms with Crippen molar-refractivity contribution in [3.63, 3.8) is 0 Å². The van der Waals surface area contributed by atoms with E-state index >= 15 is 0 Å². The van der Waals surface area contributed by atoms with Crippen molar-refractivity contribution >= 4 is 23.3 Å². The molecule has 0 bridgehead atoms. The van der Waals surface area contributed by atoms with Gasteiger partial charge in [-0.1, -0.05) is 48.5 Å². The summed E-state index contributed by atoms with van der Waals surface area (Å²) in [6.45, 7) is 3.61. The predicted octanol–water partition coefficient (Wildman–Crippen LogP) is 6.64. The number of ether oxygens (including phenoxy) is 3. The molecular weight excluding hydrogens is 518 g/mol. The number of rotatable bonds is 14. The van der Waals surface area contributed by atoms with Crippen LogP contribution in [-0.4, -0.2) is 38.2 Å². The summed E-state index contributed by atoms with van der Waals surface area (Å²) in [5.74, 6) is 1.93. The zero-order chi connectivity index (χ0) is 28.7. The van der Waals surface area contributed by atoms with E-state index in [1.165, 1.54) is 0 Å². The van der Waals surface area contributed by atoms with Crippen LogP contribution < -0.4 is 25.0 Å².